The summed E-state index contributed by atoms with van der Waals surface area (Å²) in [7, 11) is 0. The van der Waals surface area contributed by atoms with Crippen LogP contribution in [0.4, 0.5) is 0 Å². The third-order valence-corrected chi connectivity index (χ3v) is 4.65. The Bertz CT molecular complexity index is 595. The maximum absolute atomic E-state index is 3.49. The lowest BCUT2D eigenvalue weighted by atomic mass is 10.1. The standard InChI is InChI=1S/C19H30N2/c1-6-10-20-12-17-8-9-19-18(11-17)15(4)16(5)21(19)13-14(3)7-2/h8-9,11,14,20H,6-7,10,12-13H2,1-5H3. The molecule has 0 radical (unpaired) electrons. The topological polar surface area (TPSA) is 17.0 Å². The number of nitrogens with one attached hydrogen (secondary N) is 1. The summed E-state index contributed by atoms with van der Waals surface area (Å²) >= 11 is 0. The van der Waals surface area contributed by atoms with Gasteiger partial charge in [-0.2, -0.15) is 0 Å². The molecule has 2 heteroatoms. The Morgan fingerprint density at radius 2 is 1.95 bits per heavy atom. The van der Waals surface area contributed by atoms with Gasteiger partial charge in [-0.05, 0) is 56.0 Å². The highest BCUT2D eigenvalue weighted by molar-refractivity contribution is 5.86. The van der Waals surface area contributed by atoms with E-state index >= 15 is 0 Å². The SMILES string of the molecule is CCCNCc1ccc2c(c1)c(C)c(C)n2CC(C)CC. The lowest BCUT2D eigenvalue weighted by Crippen LogP contribution is -2.13. The first-order valence-electron chi connectivity index (χ1n) is 8.37. The minimum absolute atomic E-state index is 0.726. The van der Waals surface area contributed by atoms with Crippen molar-refractivity contribution in [3.8, 4) is 0 Å². The van der Waals surface area contributed by atoms with Crippen LogP contribution < -0.4 is 5.32 Å². The zero-order valence-corrected chi connectivity index (χ0v) is 14.3. The molecule has 21 heavy (non-hydrogen) atoms. The summed E-state index contributed by atoms with van der Waals surface area (Å²) in [4.78, 5) is 0. The maximum atomic E-state index is 3.49. The van der Waals surface area contributed by atoms with Gasteiger partial charge in [0.05, 0.1) is 0 Å². The molecule has 1 heterocycles. The van der Waals surface area contributed by atoms with E-state index in [1.807, 2.05) is 0 Å². The lowest BCUT2D eigenvalue weighted by Gasteiger charge is -2.13. The zero-order valence-electron chi connectivity index (χ0n) is 14.3. The molecule has 1 N–H and O–H groups in total. The third-order valence-electron chi connectivity index (χ3n) is 4.65. The fraction of sp³-hybridized carbons (Fsp3) is 0.579. The predicted molar refractivity (Wildman–Crippen MR) is 92.9 cm³/mol. The summed E-state index contributed by atoms with van der Waals surface area (Å²) in [5.41, 5.74) is 5.64. The molecule has 1 aromatic carbocycles. The first-order chi connectivity index (χ1) is 10.1. The van der Waals surface area contributed by atoms with Gasteiger partial charge >= 0.3 is 0 Å². The van der Waals surface area contributed by atoms with Crippen molar-refractivity contribution in [1.29, 1.82) is 0 Å². The van der Waals surface area contributed by atoms with Gasteiger partial charge in [-0.3, -0.25) is 0 Å². The molecule has 2 aromatic rings. The molecule has 0 saturated heterocycles. The van der Waals surface area contributed by atoms with Crippen LogP contribution in [-0.2, 0) is 13.1 Å². The summed E-state index contributed by atoms with van der Waals surface area (Å²) in [5.74, 6) is 0.726. The predicted octanol–water partition coefficient (Wildman–Crippen LogP) is 4.80. The summed E-state index contributed by atoms with van der Waals surface area (Å²) in [5, 5.41) is 4.91. The number of hydrogen-bond donors (Lipinski definition) is 1. The fourth-order valence-electron chi connectivity index (χ4n) is 2.89. The Morgan fingerprint density at radius 1 is 1.19 bits per heavy atom. The van der Waals surface area contributed by atoms with E-state index in [0.717, 1.165) is 25.6 Å². The van der Waals surface area contributed by atoms with Gasteiger partial charge in [0.25, 0.3) is 0 Å². The number of nitrogens with zero attached hydrogens (tertiary/aromatic N) is 1. The molecule has 1 aromatic heterocycles. The number of aromatic nitrogens is 1. The Kier molecular flexibility index (Phi) is 5.46. The smallest absolute Gasteiger partial charge is 0.0485 e. The second kappa shape index (κ2) is 7.13. The Hall–Kier alpha value is -1.28. The molecule has 0 aliphatic heterocycles. The van der Waals surface area contributed by atoms with E-state index in [4.69, 9.17) is 0 Å². The van der Waals surface area contributed by atoms with Gasteiger partial charge in [-0.25, -0.2) is 0 Å². The number of hydrogen-bond acceptors (Lipinski definition) is 1. The molecular weight excluding hydrogens is 256 g/mol. The molecule has 2 rings (SSSR count). The summed E-state index contributed by atoms with van der Waals surface area (Å²) in [6.07, 6.45) is 2.42. The zero-order chi connectivity index (χ0) is 15.4. The van der Waals surface area contributed by atoms with Crippen molar-refractivity contribution < 1.29 is 0 Å². The monoisotopic (exact) mass is 286 g/mol. The molecule has 1 unspecified atom stereocenters. The van der Waals surface area contributed by atoms with Crippen molar-refractivity contribution in [3.63, 3.8) is 0 Å². The molecule has 0 aliphatic carbocycles. The van der Waals surface area contributed by atoms with Crippen LogP contribution in [-0.4, -0.2) is 11.1 Å². The van der Waals surface area contributed by atoms with Crippen molar-refractivity contribution in [2.24, 2.45) is 5.92 Å². The molecule has 0 bridgehead atoms. The van der Waals surface area contributed by atoms with E-state index in [2.05, 4.69) is 62.7 Å². The Morgan fingerprint density at radius 3 is 2.62 bits per heavy atom. The fourth-order valence-corrected chi connectivity index (χ4v) is 2.89. The van der Waals surface area contributed by atoms with Gasteiger partial charge in [-0.15, -0.1) is 0 Å². The molecule has 116 valence electrons. The average Bonchev–Trinajstić information content (AvgIpc) is 2.72. The Labute approximate surface area is 129 Å². The van der Waals surface area contributed by atoms with Gasteiger partial charge in [0.2, 0.25) is 0 Å². The number of fused-ring (bicyclic) bond motifs is 1. The van der Waals surface area contributed by atoms with Crippen LogP contribution in [0.5, 0.6) is 0 Å². The van der Waals surface area contributed by atoms with Crippen LogP contribution in [0.2, 0.25) is 0 Å². The molecular formula is C19H30N2. The summed E-state index contributed by atoms with van der Waals surface area (Å²) < 4.78 is 2.50. The summed E-state index contributed by atoms with van der Waals surface area (Å²) in [6.45, 7) is 14.5. The molecule has 0 spiro atoms. The normalized spacial score (nSPS) is 13.0. The van der Waals surface area contributed by atoms with Gasteiger partial charge < -0.3 is 9.88 Å². The molecule has 0 saturated carbocycles. The minimum atomic E-state index is 0.726. The highest BCUT2D eigenvalue weighted by atomic mass is 15.0. The van der Waals surface area contributed by atoms with E-state index in [0.29, 0.717) is 0 Å². The van der Waals surface area contributed by atoms with Crippen LogP contribution >= 0.6 is 0 Å². The van der Waals surface area contributed by atoms with Crippen molar-refractivity contribution in [1.82, 2.24) is 9.88 Å². The van der Waals surface area contributed by atoms with Crippen LogP contribution in [0.15, 0.2) is 18.2 Å². The minimum Gasteiger partial charge on any atom is -0.344 e. The van der Waals surface area contributed by atoms with Gasteiger partial charge in [-0.1, -0.05) is 33.3 Å². The second-order valence-corrected chi connectivity index (χ2v) is 6.36. The Balaban J connectivity index is 2.33. The number of rotatable bonds is 7. The van der Waals surface area contributed by atoms with Crippen molar-refractivity contribution >= 4 is 10.9 Å². The highest BCUT2D eigenvalue weighted by Crippen LogP contribution is 2.27. The average molecular weight is 286 g/mol. The first kappa shape index (κ1) is 16.1. The number of benzene rings is 1. The van der Waals surface area contributed by atoms with E-state index in [1.54, 1.807) is 0 Å². The van der Waals surface area contributed by atoms with Crippen molar-refractivity contribution in [2.45, 2.75) is 60.5 Å². The van der Waals surface area contributed by atoms with E-state index < -0.39 is 0 Å². The van der Waals surface area contributed by atoms with E-state index in [1.165, 1.54) is 40.6 Å². The highest BCUT2D eigenvalue weighted by Gasteiger charge is 2.13. The quantitative estimate of drug-likeness (QED) is 0.723. The van der Waals surface area contributed by atoms with Gasteiger partial charge in [0.1, 0.15) is 0 Å². The lowest BCUT2D eigenvalue weighted by molar-refractivity contribution is 0.472. The van der Waals surface area contributed by atoms with Crippen molar-refractivity contribution in [3.05, 3.63) is 35.0 Å². The van der Waals surface area contributed by atoms with E-state index in [-0.39, 0.29) is 0 Å². The molecule has 0 aliphatic rings. The summed E-state index contributed by atoms with van der Waals surface area (Å²) in [6, 6.07) is 6.95. The van der Waals surface area contributed by atoms with Crippen LogP contribution in [0.3, 0.4) is 0 Å². The maximum Gasteiger partial charge on any atom is 0.0485 e. The van der Waals surface area contributed by atoms with E-state index in [9.17, 15) is 0 Å². The third kappa shape index (κ3) is 3.49. The molecule has 0 amide bonds. The van der Waals surface area contributed by atoms with Crippen LogP contribution in [0.25, 0.3) is 10.9 Å². The molecule has 1 atom stereocenters. The van der Waals surface area contributed by atoms with Crippen molar-refractivity contribution in [2.75, 3.05) is 6.54 Å². The number of aryl methyl sites for hydroxylation is 1. The van der Waals surface area contributed by atoms with Gasteiger partial charge in [0.15, 0.2) is 0 Å². The van der Waals surface area contributed by atoms with Crippen LogP contribution in [0, 0.1) is 19.8 Å². The second-order valence-electron chi connectivity index (χ2n) is 6.36. The molecule has 0 fully saturated rings. The van der Waals surface area contributed by atoms with Crippen LogP contribution in [0.1, 0.15) is 50.4 Å². The molecule has 2 nitrogen and oxygen atoms in total. The van der Waals surface area contributed by atoms with Gasteiger partial charge in [0, 0.05) is 29.7 Å². The largest absolute Gasteiger partial charge is 0.344 e. The first-order valence-corrected chi connectivity index (χ1v) is 8.37.